The first-order chi connectivity index (χ1) is 11.6. The van der Waals surface area contributed by atoms with Crippen LogP contribution in [0.25, 0.3) is 11.3 Å². The van der Waals surface area contributed by atoms with E-state index in [-0.39, 0.29) is 12.5 Å². The maximum Gasteiger partial charge on any atom is 0.244 e. The van der Waals surface area contributed by atoms with Crippen LogP contribution in [0.15, 0.2) is 66.9 Å². The van der Waals surface area contributed by atoms with Crippen LogP contribution in [0.3, 0.4) is 0 Å². The molecule has 0 saturated heterocycles. The predicted octanol–water partition coefficient (Wildman–Crippen LogP) is 3.86. The van der Waals surface area contributed by atoms with E-state index in [0.29, 0.717) is 11.6 Å². The highest BCUT2D eigenvalue weighted by Crippen LogP contribution is 2.19. The highest BCUT2D eigenvalue weighted by Gasteiger charge is 2.11. The lowest BCUT2D eigenvalue weighted by molar-refractivity contribution is -0.131. The molecule has 0 spiro atoms. The third kappa shape index (κ3) is 4.03. The average molecular weight is 340 g/mol. The van der Waals surface area contributed by atoms with Crippen LogP contribution < -0.4 is 0 Å². The number of halogens is 1. The fraction of sp³-hybridized carbons (Fsp3) is 0.158. The smallest absolute Gasteiger partial charge is 0.244 e. The molecule has 122 valence electrons. The zero-order valence-corrected chi connectivity index (χ0v) is 14.1. The largest absolute Gasteiger partial charge is 0.340 e. The number of likely N-dealkylation sites (N-methyl/N-ethyl adjacent to an activating group) is 1. The van der Waals surface area contributed by atoms with E-state index in [1.807, 2.05) is 66.9 Å². The van der Waals surface area contributed by atoms with Gasteiger partial charge in [-0.2, -0.15) is 5.10 Å². The van der Waals surface area contributed by atoms with E-state index in [0.717, 1.165) is 16.8 Å². The molecule has 0 aliphatic carbocycles. The summed E-state index contributed by atoms with van der Waals surface area (Å²) in [6, 6.07) is 19.3. The van der Waals surface area contributed by atoms with E-state index < -0.39 is 0 Å². The Morgan fingerprint density at radius 2 is 1.79 bits per heavy atom. The first kappa shape index (κ1) is 16.3. The van der Waals surface area contributed by atoms with Gasteiger partial charge in [0, 0.05) is 30.4 Å². The van der Waals surface area contributed by atoms with Crippen molar-refractivity contribution in [3.05, 3.63) is 77.4 Å². The zero-order valence-electron chi connectivity index (χ0n) is 13.4. The van der Waals surface area contributed by atoms with Gasteiger partial charge >= 0.3 is 0 Å². The summed E-state index contributed by atoms with van der Waals surface area (Å²) in [6.45, 7) is 0.807. The number of benzene rings is 2. The summed E-state index contributed by atoms with van der Waals surface area (Å²) in [5, 5.41) is 5.16. The van der Waals surface area contributed by atoms with Crippen LogP contribution in [0.5, 0.6) is 0 Å². The molecule has 0 fully saturated rings. The Kier molecular flexibility index (Phi) is 4.96. The number of hydrogen-bond acceptors (Lipinski definition) is 2. The van der Waals surface area contributed by atoms with Gasteiger partial charge in [0.15, 0.2) is 0 Å². The van der Waals surface area contributed by atoms with Crippen molar-refractivity contribution in [2.45, 2.75) is 13.1 Å². The molecule has 0 unspecified atom stereocenters. The summed E-state index contributed by atoms with van der Waals surface area (Å²) in [4.78, 5) is 14.1. The Morgan fingerprint density at radius 1 is 1.08 bits per heavy atom. The second-order valence-electron chi connectivity index (χ2n) is 5.64. The summed E-state index contributed by atoms with van der Waals surface area (Å²) >= 11 is 5.90. The minimum absolute atomic E-state index is 0.0182. The Morgan fingerprint density at radius 3 is 2.50 bits per heavy atom. The fourth-order valence-electron chi connectivity index (χ4n) is 2.43. The standard InChI is InChI=1S/C19H18ClN3O/c1-22(13-15-5-3-2-4-6-15)19(24)14-23-12-11-18(21-23)16-7-9-17(20)10-8-16/h2-12H,13-14H2,1H3. The zero-order chi connectivity index (χ0) is 16.9. The van der Waals surface area contributed by atoms with Crippen molar-refractivity contribution in [1.82, 2.24) is 14.7 Å². The van der Waals surface area contributed by atoms with Gasteiger partial charge < -0.3 is 4.90 Å². The Bertz CT molecular complexity index is 812. The maximum atomic E-state index is 12.4. The fourth-order valence-corrected chi connectivity index (χ4v) is 2.56. The molecule has 0 aliphatic rings. The summed E-state index contributed by atoms with van der Waals surface area (Å²) < 4.78 is 1.66. The highest BCUT2D eigenvalue weighted by molar-refractivity contribution is 6.30. The predicted molar refractivity (Wildman–Crippen MR) is 95.6 cm³/mol. The SMILES string of the molecule is CN(Cc1ccccc1)C(=O)Cn1ccc(-c2ccc(Cl)cc2)n1. The van der Waals surface area contributed by atoms with Crippen molar-refractivity contribution in [2.75, 3.05) is 7.05 Å². The van der Waals surface area contributed by atoms with Crippen molar-refractivity contribution < 1.29 is 4.79 Å². The maximum absolute atomic E-state index is 12.4. The van der Waals surface area contributed by atoms with Gasteiger partial charge in [0.05, 0.1) is 5.69 Å². The molecule has 3 aromatic rings. The monoisotopic (exact) mass is 339 g/mol. The Balaban J connectivity index is 1.63. The molecule has 1 heterocycles. The molecule has 2 aromatic carbocycles. The van der Waals surface area contributed by atoms with E-state index >= 15 is 0 Å². The van der Waals surface area contributed by atoms with Gasteiger partial charge in [0.1, 0.15) is 6.54 Å². The van der Waals surface area contributed by atoms with Crippen molar-refractivity contribution in [2.24, 2.45) is 0 Å². The molecule has 0 atom stereocenters. The molecule has 1 amide bonds. The third-order valence-electron chi connectivity index (χ3n) is 3.77. The molecular weight excluding hydrogens is 322 g/mol. The normalized spacial score (nSPS) is 10.6. The molecule has 0 saturated carbocycles. The average Bonchev–Trinajstić information content (AvgIpc) is 3.05. The molecule has 1 aromatic heterocycles. The molecule has 24 heavy (non-hydrogen) atoms. The van der Waals surface area contributed by atoms with E-state index in [9.17, 15) is 4.79 Å². The minimum Gasteiger partial charge on any atom is -0.340 e. The van der Waals surface area contributed by atoms with Crippen LogP contribution in [-0.4, -0.2) is 27.6 Å². The quantitative estimate of drug-likeness (QED) is 0.708. The van der Waals surface area contributed by atoms with E-state index in [2.05, 4.69) is 5.10 Å². The van der Waals surface area contributed by atoms with Crippen molar-refractivity contribution >= 4 is 17.5 Å². The second-order valence-corrected chi connectivity index (χ2v) is 6.08. The van der Waals surface area contributed by atoms with Gasteiger partial charge in [-0.15, -0.1) is 0 Å². The number of carbonyl (C=O) groups is 1. The van der Waals surface area contributed by atoms with Crippen LogP contribution in [0.4, 0.5) is 0 Å². The van der Waals surface area contributed by atoms with Gasteiger partial charge in [0.2, 0.25) is 5.91 Å². The van der Waals surface area contributed by atoms with Crippen LogP contribution in [0, 0.1) is 0 Å². The number of amides is 1. The molecule has 5 heteroatoms. The minimum atomic E-state index is 0.0182. The molecule has 4 nitrogen and oxygen atoms in total. The number of rotatable bonds is 5. The molecule has 0 aliphatic heterocycles. The topological polar surface area (TPSA) is 38.1 Å². The lowest BCUT2D eigenvalue weighted by Crippen LogP contribution is -2.29. The molecule has 0 bridgehead atoms. The van der Waals surface area contributed by atoms with Gasteiger partial charge in [-0.05, 0) is 23.8 Å². The first-order valence-corrected chi connectivity index (χ1v) is 8.07. The Labute approximate surface area is 146 Å². The van der Waals surface area contributed by atoms with Gasteiger partial charge in [-0.25, -0.2) is 0 Å². The molecule has 0 radical (unpaired) electrons. The first-order valence-electron chi connectivity index (χ1n) is 7.69. The molecule has 3 rings (SSSR count). The van der Waals surface area contributed by atoms with Crippen molar-refractivity contribution in [3.8, 4) is 11.3 Å². The second kappa shape index (κ2) is 7.32. The summed E-state index contributed by atoms with van der Waals surface area (Å²) in [7, 11) is 1.80. The lowest BCUT2D eigenvalue weighted by atomic mass is 10.2. The third-order valence-corrected chi connectivity index (χ3v) is 4.02. The van der Waals surface area contributed by atoms with Crippen LogP contribution in [-0.2, 0) is 17.9 Å². The van der Waals surface area contributed by atoms with E-state index in [4.69, 9.17) is 11.6 Å². The highest BCUT2D eigenvalue weighted by atomic mass is 35.5. The van der Waals surface area contributed by atoms with E-state index in [1.165, 1.54) is 0 Å². The van der Waals surface area contributed by atoms with Gasteiger partial charge in [-0.1, -0.05) is 54.1 Å². The number of nitrogens with zero attached hydrogens (tertiary/aromatic N) is 3. The van der Waals surface area contributed by atoms with Crippen LogP contribution in [0.2, 0.25) is 5.02 Å². The number of aromatic nitrogens is 2. The van der Waals surface area contributed by atoms with Crippen LogP contribution in [0.1, 0.15) is 5.56 Å². The van der Waals surface area contributed by atoms with Gasteiger partial charge in [-0.3, -0.25) is 9.48 Å². The summed E-state index contributed by atoms with van der Waals surface area (Å²) in [5.41, 5.74) is 2.91. The summed E-state index contributed by atoms with van der Waals surface area (Å²) in [5.74, 6) is 0.0182. The number of hydrogen-bond donors (Lipinski definition) is 0. The van der Waals surface area contributed by atoms with Crippen LogP contribution >= 0.6 is 11.6 Å². The number of carbonyl (C=O) groups excluding carboxylic acids is 1. The van der Waals surface area contributed by atoms with Crippen molar-refractivity contribution in [3.63, 3.8) is 0 Å². The molecule has 0 N–H and O–H groups in total. The summed E-state index contributed by atoms with van der Waals surface area (Å²) in [6.07, 6.45) is 1.82. The lowest BCUT2D eigenvalue weighted by Gasteiger charge is -2.17. The Hall–Kier alpha value is -2.59. The van der Waals surface area contributed by atoms with E-state index in [1.54, 1.807) is 16.6 Å². The van der Waals surface area contributed by atoms with Crippen molar-refractivity contribution in [1.29, 1.82) is 0 Å². The molecular formula is C19H18ClN3O. The van der Waals surface area contributed by atoms with Gasteiger partial charge in [0.25, 0.3) is 0 Å².